The van der Waals surface area contributed by atoms with Crippen molar-refractivity contribution in [2.45, 2.75) is 6.04 Å². The van der Waals surface area contributed by atoms with Gasteiger partial charge in [0.2, 0.25) is 0 Å². The molecule has 2 aromatic carbocycles. The lowest BCUT2D eigenvalue weighted by molar-refractivity contribution is 0.0787. The first-order chi connectivity index (χ1) is 13.0. The largest absolute Gasteiger partial charge is 0.497 e. The first-order valence-electron chi connectivity index (χ1n) is 8.38. The number of aromatic amines is 1. The maximum Gasteiger partial charge on any atom is 0.272 e. The van der Waals surface area contributed by atoms with Crippen molar-refractivity contribution in [3.63, 3.8) is 0 Å². The fourth-order valence-corrected chi connectivity index (χ4v) is 3.50. The number of benzene rings is 2. The summed E-state index contributed by atoms with van der Waals surface area (Å²) in [6.45, 7) is 0. The van der Waals surface area contributed by atoms with Gasteiger partial charge in [0.25, 0.3) is 5.91 Å². The predicted molar refractivity (Wildman–Crippen MR) is 97.5 cm³/mol. The second-order valence-corrected chi connectivity index (χ2v) is 6.29. The molecule has 0 unspecified atom stereocenters. The van der Waals surface area contributed by atoms with Crippen LogP contribution in [0.15, 0.2) is 42.5 Å². The van der Waals surface area contributed by atoms with Crippen LogP contribution in [0.3, 0.4) is 0 Å². The molecule has 1 aliphatic rings. The molecule has 1 N–H and O–H groups in total. The highest BCUT2D eigenvalue weighted by Gasteiger charge is 2.41. The third-order valence-corrected chi connectivity index (χ3v) is 4.85. The molecule has 27 heavy (non-hydrogen) atoms. The Labute approximate surface area is 155 Å². The molecule has 1 aromatic heterocycles. The monoisotopic (exact) mass is 367 g/mol. The van der Waals surface area contributed by atoms with E-state index in [0.717, 1.165) is 16.7 Å². The molecule has 0 saturated carbocycles. The number of rotatable bonds is 4. The quantitative estimate of drug-likeness (QED) is 0.767. The van der Waals surface area contributed by atoms with Crippen molar-refractivity contribution in [1.82, 2.24) is 15.1 Å². The van der Waals surface area contributed by atoms with Crippen LogP contribution in [-0.2, 0) is 0 Å². The van der Waals surface area contributed by atoms with E-state index in [4.69, 9.17) is 9.47 Å². The Kier molecular flexibility index (Phi) is 4.07. The van der Waals surface area contributed by atoms with E-state index in [1.54, 1.807) is 44.4 Å². The molecule has 1 aliphatic heterocycles. The average Bonchev–Trinajstić information content (AvgIpc) is 3.22. The lowest BCUT2D eigenvalue weighted by atomic mass is 9.95. The van der Waals surface area contributed by atoms with Crippen LogP contribution in [0.2, 0.25) is 0 Å². The molecule has 6 nitrogen and oxygen atoms in total. The minimum atomic E-state index is -0.382. The minimum Gasteiger partial charge on any atom is -0.497 e. The van der Waals surface area contributed by atoms with E-state index in [2.05, 4.69) is 10.2 Å². The van der Waals surface area contributed by atoms with E-state index in [9.17, 15) is 9.18 Å². The molecule has 0 aliphatic carbocycles. The third kappa shape index (κ3) is 2.63. The summed E-state index contributed by atoms with van der Waals surface area (Å²) in [6.07, 6.45) is 0. The molecule has 138 valence electrons. The average molecular weight is 367 g/mol. The summed E-state index contributed by atoms with van der Waals surface area (Å²) >= 11 is 0. The van der Waals surface area contributed by atoms with Crippen molar-refractivity contribution in [2.24, 2.45) is 0 Å². The van der Waals surface area contributed by atoms with Gasteiger partial charge in [0.1, 0.15) is 23.0 Å². The van der Waals surface area contributed by atoms with Gasteiger partial charge >= 0.3 is 0 Å². The molecule has 0 spiro atoms. The van der Waals surface area contributed by atoms with Gasteiger partial charge < -0.3 is 14.4 Å². The molecule has 0 bridgehead atoms. The van der Waals surface area contributed by atoms with Gasteiger partial charge in [-0.05, 0) is 36.4 Å². The standard InChI is InChI=1S/C20H18FN3O3/c1-24-19(14-9-8-13(26-2)10-15(14)27-3)16-17(22-23-18(16)20(24)25)11-4-6-12(21)7-5-11/h4-10,19H,1-3H3,(H,22,23)/t19-/m1/s1. The molecule has 3 aromatic rings. The molecular formula is C20H18FN3O3. The van der Waals surface area contributed by atoms with Gasteiger partial charge in [-0.25, -0.2) is 4.39 Å². The number of amides is 1. The van der Waals surface area contributed by atoms with Gasteiger partial charge in [-0.3, -0.25) is 9.89 Å². The number of nitrogens with one attached hydrogen (secondary N) is 1. The van der Waals surface area contributed by atoms with Crippen LogP contribution in [0.5, 0.6) is 11.5 Å². The topological polar surface area (TPSA) is 67.5 Å². The Morgan fingerprint density at radius 2 is 1.85 bits per heavy atom. The van der Waals surface area contributed by atoms with Gasteiger partial charge in [0.15, 0.2) is 0 Å². The van der Waals surface area contributed by atoms with Gasteiger partial charge in [-0.2, -0.15) is 5.10 Å². The van der Waals surface area contributed by atoms with E-state index in [-0.39, 0.29) is 17.8 Å². The van der Waals surface area contributed by atoms with Crippen LogP contribution in [0, 0.1) is 5.82 Å². The normalized spacial score (nSPS) is 15.8. The highest BCUT2D eigenvalue weighted by molar-refractivity contribution is 6.00. The lowest BCUT2D eigenvalue weighted by Gasteiger charge is -2.24. The first kappa shape index (κ1) is 17.1. The van der Waals surface area contributed by atoms with Crippen molar-refractivity contribution in [3.8, 4) is 22.8 Å². The van der Waals surface area contributed by atoms with Gasteiger partial charge in [-0.15, -0.1) is 0 Å². The highest BCUT2D eigenvalue weighted by atomic mass is 19.1. The number of H-pyrrole nitrogens is 1. The zero-order valence-electron chi connectivity index (χ0n) is 15.1. The minimum absolute atomic E-state index is 0.159. The van der Waals surface area contributed by atoms with E-state index < -0.39 is 0 Å². The van der Waals surface area contributed by atoms with E-state index >= 15 is 0 Å². The molecular weight excluding hydrogens is 349 g/mol. The lowest BCUT2D eigenvalue weighted by Crippen LogP contribution is -2.25. The fourth-order valence-electron chi connectivity index (χ4n) is 3.50. The summed E-state index contributed by atoms with van der Waals surface area (Å²) in [5, 5.41) is 7.17. The Bertz CT molecular complexity index is 1010. The smallest absolute Gasteiger partial charge is 0.272 e. The predicted octanol–water partition coefficient (Wildman–Crippen LogP) is 3.41. The van der Waals surface area contributed by atoms with Crippen molar-refractivity contribution in [1.29, 1.82) is 0 Å². The summed E-state index contributed by atoms with van der Waals surface area (Å²) < 4.78 is 24.1. The number of methoxy groups -OCH3 is 2. The number of carbonyl (C=O) groups excluding carboxylic acids is 1. The highest BCUT2D eigenvalue weighted by Crippen LogP contribution is 2.45. The number of nitrogens with zero attached hydrogens (tertiary/aromatic N) is 2. The van der Waals surface area contributed by atoms with Crippen molar-refractivity contribution >= 4 is 5.91 Å². The SMILES string of the molecule is COc1ccc([C@@H]2c3c(-c4ccc(F)cc4)n[nH]c3C(=O)N2C)c(OC)c1. The fraction of sp³-hybridized carbons (Fsp3) is 0.200. The number of ether oxygens (including phenoxy) is 2. The molecule has 1 atom stereocenters. The summed E-state index contributed by atoms with van der Waals surface area (Å²) in [7, 11) is 4.89. The number of aromatic nitrogens is 2. The van der Waals surface area contributed by atoms with Crippen LogP contribution >= 0.6 is 0 Å². The van der Waals surface area contributed by atoms with Crippen LogP contribution in [0.1, 0.15) is 27.7 Å². The second kappa shape index (κ2) is 6.42. The van der Waals surface area contributed by atoms with Crippen molar-refractivity contribution < 1.29 is 18.7 Å². The molecule has 1 amide bonds. The van der Waals surface area contributed by atoms with E-state index in [1.807, 2.05) is 12.1 Å². The van der Waals surface area contributed by atoms with Gasteiger partial charge in [-0.1, -0.05) is 0 Å². The molecule has 0 saturated heterocycles. The van der Waals surface area contributed by atoms with Crippen LogP contribution < -0.4 is 9.47 Å². The summed E-state index contributed by atoms with van der Waals surface area (Å²) in [5.41, 5.74) is 3.34. The third-order valence-electron chi connectivity index (χ3n) is 4.85. The van der Waals surface area contributed by atoms with Gasteiger partial charge in [0.05, 0.1) is 26.0 Å². The molecule has 2 heterocycles. The summed E-state index contributed by atoms with van der Waals surface area (Å²) in [4.78, 5) is 14.4. The maximum absolute atomic E-state index is 13.3. The maximum atomic E-state index is 13.3. The number of hydrogen-bond donors (Lipinski definition) is 1. The zero-order chi connectivity index (χ0) is 19.1. The Hall–Kier alpha value is -3.35. The number of fused-ring (bicyclic) bond motifs is 1. The Morgan fingerprint density at radius 3 is 2.52 bits per heavy atom. The number of halogens is 1. The van der Waals surface area contributed by atoms with Crippen LogP contribution in [-0.4, -0.2) is 42.3 Å². The summed E-state index contributed by atoms with van der Waals surface area (Å²) in [5.74, 6) is 0.785. The van der Waals surface area contributed by atoms with Crippen LogP contribution in [0.25, 0.3) is 11.3 Å². The van der Waals surface area contributed by atoms with E-state index in [0.29, 0.717) is 22.9 Å². The number of hydrogen-bond acceptors (Lipinski definition) is 4. The second-order valence-electron chi connectivity index (χ2n) is 6.29. The Morgan fingerprint density at radius 1 is 1.11 bits per heavy atom. The molecule has 0 fully saturated rings. The molecule has 0 radical (unpaired) electrons. The Balaban J connectivity index is 1.89. The molecule has 4 rings (SSSR count). The van der Waals surface area contributed by atoms with Gasteiger partial charge in [0, 0.05) is 29.8 Å². The molecule has 7 heteroatoms. The van der Waals surface area contributed by atoms with E-state index in [1.165, 1.54) is 12.1 Å². The first-order valence-corrected chi connectivity index (χ1v) is 8.38. The number of carbonyl (C=O) groups is 1. The van der Waals surface area contributed by atoms with Crippen molar-refractivity contribution in [3.05, 3.63) is 65.1 Å². The summed E-state index contributed by atoms with van der Waals surface area (Å²) in [6, 6.07) is 11.2. The van der Waals surface area contributed by atoms with Crippen LogP contribution in [0.4, 0.5) is 4.39 Å². The van der Waals surface area contributed by atoms with Crippen molar-refractivity contribution in [2.75, 3.05) is 21.3 Å². The zero-order valence-corrected chi connectivity index (χ0v) is 15.1.